The van der Waals surface area contributed by atoms with Gasteiger partial charge in [0, 0.05) is 44.2 Å². The van der Waals surface area contributed by atoms with Crippen LogP contribution >= 0.6 is 11.8 Å². The number of amides is 2. The zero-order valence-electron chi connectivity index (χ0n) is 25.0. The lowest BCUT2D eigenvalue weighted by Crippen LogP contribution is -2.31. The summed E-state index contributed by atoms with van der Waals surface area (Å²) in [5.74, 6) is 0.0113. The molecule has 236 valence electrons. The number of thioether (sulfide) groups is 1. The van der Waals surface area contributed by atoms with Gasteiger partial charge in [-0.25, -0.2) is 5.48 Å². The van der Waals surface area contributed by atoms with Gasteiger partial charge in [-0.05, 0) is 46.4 Å². The van der Waals surface area contributed by atoms with Gasteiger partial charge in [-0.15, -0.1) is 10.2 Å². The number of carbonyl (C=O) groups is 2. The van der Waals surface area contributed by atoms with Crippen molar-refractivity contribution in [1.82, 2.24) is 25.6 Å². The average Bonchev–Trinajstić information content (AvgIpc) is 3.50. The van der Waals surface area contributed by atoms with Gasteiger partial charge in [-0.2, -0.15) is 0 Å². The number of rotatable bonds is 13. The van der Waals surface area contributed by atoms with Gasteiger partial charge < -0.3 is 24.5 Å². The van der Waals surface area contributed by atoms with E-state index >= 15 is 0 Å². The highest BCUT2D eigenvalue weighted by molar-refractivity contribution is 7.99. The third kappa shape index (κ3) is 8.99. The molecule has 1 saturated heterocycles. The molecule has 3 atom stereocenters. The zero-order valence-corrected chi connectivity index (χ0v) is 25.8. The molecule has 0 aliphatic carbocycles. The van der Waals surface area contributed by atoms with Gasteiger partial charge in [0.1, 0.15) is 6.33 Å². The van der Waals surface area contributed by atoms with Gasteiger partial charge in [0.05, 0.1) is 18.8 Å². The van der Waals surface area contributed by atoms with Crippen LogP contribution in [0.15, 0.2) is 84.3 Å². The Balaban J connectivity index is 1.29. The second-order valence-corrected chi connectivity index (χ2v) is 11.9. The van der Waals surface area contributed by atoms with Gasteiger partial charge in [0.25, 0.3) is 0 Å². The van der Waals surface area contributed by atoms with Gasteiger partial charge in [0.2, 0.25) is 11.8 Å². The summed E-state index contributed by atoms with van der Waals surface area (Å²) in [6, 6.07) is 23.9. The van der Waals surface area contributed by atoms with E-state index in [1.54, 1.807) is 23.6 Å². The number of hydrogen-bond acceptors (Lipinski definition) is 9. The van der Waals surface area contributed by atoms with E-state index in [9.17, 15) is 14.7 Å². The lowest BCUT2D eigenvalue weighted by atomic mass is 9.99. The fourth-order valence-corrected chi connectivity index (χ4v) is 5.98. The number of aliphatic hydroxyl groups is 1. The first-order valence-corrected chi connectivity index (χ1v) is 15.8. The molecular weight excluding hydrogens is 594 g/mol. The van der Waals surface area contributed by atoms with Crippen LogP contribution < -0.4 is 10.8 Å². The molecule has 0 saturated carbocycles. The summed E-state index contributed by atoms with van der Waals surface area (Å²) in [5.41, 5.74) is 7.25. The van der Waals surface area contributed by atoms with Crippen LogP contribution in [0.1, 0.15) is 60.3 Å². The number of hydrogen-bond donors (Lipinski definition) is 4. The van der Waals surface area contributed by atoms with Crippen LogP contribution in [0, 0.1) is 0 Å². The van der Waals surface area contributed by atoms with E-state index in [2.05, 4.69) is 21.6 Å². The van der Waals surface area contributed by atoms with Crippen molar-refractivity contribution in [2.45, 2.75) is 62.5 Å². The molecule has 45 heavy (non-hydrogen) atoms. The maximum atomic E-state index is 12.2. The van der Waals surface area contributed by atoms with E-state index in [0.717, 1.165) is 38.5 Å². The number of carbonyl (C=O) groups excluding carboxylic acids is 2. The second kappa shape index (κ2) is 15.8. The molecule has 5 rings (SSSR count). The minimum Gasteiger partial charge on any atom is -0.392 e. The molecule has 3 aromatic carbocycles. The van der Waals surface area contributed by atoms with Crippen LogP contribution in [0.4, 0.5) is 0 Å². The minimum atomic E-state index is -0.596. The van der Waals surface area contributed by atoms with Crippen LogP contribution in [0.3, 0.4) is 0 Å². The normalized spacial score (nSPS) is 18.0. The summed E-state index contributed by atoms with van der Waals surface area (Å²) in [7, 11) is 1.91. The zero-order chi connectivity index (χ0) is 31.6. The summed E-state index contributed by atoms with van der Waals surface area (Å²) >= 11 is 1.59. The van der Waals surface area contributed by atoms with Gasteiger partial charge in [0.15, 0.2) is 11.4 Å². The van der Waals surface area contributed by atoms with Crippen molar-refractivity contribution in [3.63, 3.8) is 0 Å². The minimum absolute atomic E-state index is 0.0135. The van der Waals surface area contributed by atoms with Crippen LogP contribution in [-0.2, 0) is 39.3 Å². The summed E-state index contributed by atoms with van der Waals surface area (Å²) in [5, 5.41) is 30.0. The van der Waals surface area contributed by atoms with E-state index in [-0.39, 0.29) is 37.6 Å². The van der Waals surface area contributed by atoms with E-state index in [1.165, 1.54) is 0 Å². The Morgan fingerprint density at radius 2 is 1.71 bits per heavy atom. The summed E-state index contributed by atoms with van der Waals surface area (Å²) < 4.78 is 14.9. The molecule has 1 fully saturated rings. The third-order valence-corrected chi connectivity index (χ3v) is 8.69. The molecule has 4 N–H and O–H groups in total. The van der Waals surface area contributed by atoms with Crippen molar-refractivity contribution in [2.75, 3.05) is 5.75 Å². The van der Waals surface area contributed by atoms with Gasteiger partial charge in [-0.1, -0.05) is 72.4 Å². The van der Waals surface area contributed by atoms with Crippen molar-refractivity contribution in [3.8, 4) is 11.1 Å². The number of aliphatic hydroxyl groups excluding tert-OH is 1. The highest BCUT2D eigenvalue weighted by Gasteiger charge is 2.32. The first kappa shape index (κ1) is 32.3. The Kier molecular flexibility index (Phi) is 11.3. The highest BCUT2D eigenvalue weighted by Crippen LogP contribution is 2.40. The maximum Gasteiger partial charge on any atom is 0.243 e. The second-order valence-electron chi connectivity index (χ2n) is 10.9. The smallest absolute Gasteiger partial charge is 0.243 e. The molecule has 0 bridgehead atoms. The molecule has 2 amide bonds. The van der Waals surface area contributed by atoms with Gasteiger partial charge in [-0.3, -0.25) is 14.8 Å². The topological polar surface area (TPSA) is 148 Å². The molecule has 0 radical (unpaired) electrons. The molecule has 2 heterocycles. The predicted octanol–water partition coefficient (Wildman–Crippen LogP) is 4.60. The number of nitrogens with one attached hydrogen (secondary N) is 2. The lowest BCUT2D eigenvalue weighted by molar-refractivity contribution is -0.245. The van der Waals surface area contributed by atoms with E-state index in [1.807, 2.05) is 78.3 Å². The van der Waals surface area contributed by atoms with E-state index in [0.29, 0.717) is 25.1 Å². The van der Waals surface area contributed by atoms with Crippen molar-refractivity contribution in [3.05, 3.63) is 101 Å². The van der Waals surface area contributed by atoms with Crippen molar-refractivity contribution in [2.24, 2.45) is 7.05 Å². The Morgan fingerprint density at radius 3 is 2.44 bits per heavy atom. The number of hydroxylamine groups is 1. The standard InChI is InChI=1S/C33H37N5O6S/c1-38-21-35-36-33(38)45-20-28-17-29(24-13-11-22(19-39)12-14-24)44-32(43-28)27-8-3-7-26(16-27)25-6-2-5-23(15-25)18-34-30(40)9-4-10-31(41)37-42/h2-3,5-8,11-16,21,28-29,32,39,42H,4,9-10,17-20H2,1H3,(H,34,40)(H,37,41)/t28-,29+,32+/m1/s1. The summed E-state index contributed by atoms with van der Waals surface area (Å²) in [6.45, 7) is 0.343. The number of benzene rings is 3. The largest absolute Gasteiger partial charge is 0.392 e. The van der Waals surface area contributed by atoms with Crippen LogP contribution in [-0.4, -0.2) is 48.7 Å². The molecule has 0 unspecified atom stereocenters. The third-order valence-electron chi connectivity index (χ3n) is 7.52. The van der Waals surface area contributed by atoms with Crippen molar-refractivity contribution in [1.29, 1.82) is 0 Å². The molecule has 0 spiro atoms. The number of nitrogens with zero attached hydrogens (tertiary/aromatic N) is 3. The first-order chi connectivity index (χ1) is 21.9. The van der Waals surface area contributed by atoms with Crippen molar-refractivity contribution >= 4 is 23.6 Å². The quantitative estimate of drug-likeness (QED) is 0.0944. The number of ether oxygens (including phenoxy) is 2. The van der Waals surface area contributed by atoms with Crippen molar-refractivity contribution < 1.29 is 29.4 Å². The summed E-state index contributed by atoms with van der Waals surface area (Å²) in [4.78, 5) is 23.4. The highest BCUT2D eigenvalue weighted by atomic mass is 32.2. The molecule has 11 nitrogen and oxygen atoms in total. The maximum absolute atomic E-state index is 12.2. The molecule has 1 aliphatic rings. The summed E-state index contributed by atoms with van der Waals surface area (Å²) in [6.07, 6.45) is 2.08. The molecule has 1 aromatic heterocycles. The Hall–Kier alpha value is -4.07. The van der Waals surface area contributed by atoms with Crippen LogP contribution in [0.5, 0.6) is 0 Å². The monoisotopic (exact) mass is 631 g/mol. The fourth-order valence-electron chi connectivity index (χ4n) is 5.07. The van der Waals surface area contributed by atoms with E-state index in [4.69, 9.17) is 14.7 Å². The molecule has 1 aliphatic heterocycles. The lowest BCUT2D eigenvalue weighted by Gasteiger charge is -2.36. The molecule has 4 aromatic rings. The first-order valence-electron chi connectivity index (χ1n) is 14.8. The number of aryl methyl sites for hydroxylation is 1. The Morgan fingerprint density at radius 1 is 0.956 bits per heavy atom. The predicted molar refractivity (Wildman–Crippen MR) is 168 cm³/mol. The fraction of sp³-hybridized carbons (Fsp3) is 0.333. The molecular formula is C33H37N5O6S. The van der Waals surface area contributed by atoms with Crippen LogP contribution in [0.25, 0.3) is 11.1 Å². The molecule has 12 heteroatoms. The number of aromatic nitrogens is 3. The van der Waals surface area contributed by atoms with Crippen LogP contribution in [0.2, 0.25) is 0 Å². The Bertz CT molecular complexity index is 1580. The average molecular weight is 632 g/mol. The van der Waals surface area contributed by atoms with E-state index < -0.39 is 12.2 Å². The Labute approximate surface area is 265 Å². The SMILES string of the molecule is Cn1cnnc1SC[C@H]1C[C@@H](c2ccc(CO)cc2)O[C@@H](c2cccc(-c3cccc(CNC(=O)CCCC(=O)NO)c3)c2)O1. The van der Waals surface area contributed by atoms with Gasteiger partial charge >= 0.3 is 0 Å².